The number of imidazole rings is 1. The minimum absolute atomic E-state index is 0. The van der Waals surface area contributed by atoms with Gasteiger partial charge in [-0.3, -0.25) is 0 Å². The lowest BCUT2D eigenvalue weighted by molar-refractivity contribution is -0.140. The minimum atomic E-state index is -0.823. The molecule has 0 bridgehead atoms. The highest BCUT2D eigenvalue weighted by molar-refractivity contribution is 5.85. The van der Waals surface area contributed by atoms with Crippen LogP contribution in [0.4, 0.5) is 0 Å². The number of unbranched alkanes of at least 4 members (excludes halogenated alkanes) is 1. The van der Waals surface area contributed by atoms with Crippen molar-refractivity contribution in [2.75, 3.05) is 0 Å². The van der Waals surface area contributed by atoms with Crippen molar-refractivity contribution in [2.24, 2.45) is 0 Å². The Kier molecular flexibility index (Phi) is 5.36. The molecule has 0 fully saturated rings. The number of nitrogens with zero attached hydrogens (tertiary/aromatic N) is 2. The van der Waals surface area contributed by atoms with Gasteiger partial charge in [0.05, 0.1) is 11.0 Å². The van der Waals surface area contributed by atoms with Crippen molar-refractivity contribution in [3.63, 3.8) is 0 Å². The van der Waals surface area contributed by atoms with Gasteiger partial charge in [-0.2, -0.15) is 0 Å². The van der Waals surface area contributed by atoms with Gasteiger partial charge in [-0.25, -0.2) is 9.78 Å². The summed E-state index contributed by atoms with van der Waals surface area (Å²) < 4.78 is 1.84. The van der Waals surface area contributed by atoms with Gasteiger partial charge in [0.2, 0.25) is 0 Å². The normalized spacial score (nSPS) is 12.1. The third kappa shape index (κ3) is 3.07. The molecule has 0 amide bonds. The first-order valence-electron chi connectivity index (χ1n) is 6.33. The van der Waals surface area contributed by atoms with Gasteiger partial charge < -0.3 is 9.67 Å². The van der Waals surface area contributed by atoms with Gasteiger partial charge in [-0.05, 0) is 25.5 Å². The average Bonchev–Trinajstić information content (AvgIpc) is 2.73. The highest BCUT2D eigenvalue weighted by Gasteiger charge is 2.20. The molecule has 4 nitrogen and oxygen atoms in total. The van der Waals surface area contributed by atoms with E-state index in [1.165, 1.54) is 0 Å². The van der Waals surface area contributed by atoms with Gasteiger partial charge in [0.25, 0.3) is 0 Å². The van der Waals surface area contributed by atoms with Gasteiger partial charge in [-0.15, -0.1) is 12.4 Å². The lowest BCUT2D eigenvalue weighted by atomic mass is 10.2. The van der Waals surface area contributed by atoms with Crippen molar-refractivity contribution in [2.45, 2.75) is 39.2 Å². The average molecular weight is 283 g/mol. The Bertz CT molecular complexity index is 566. The molecule has 1 heterocycles. The fraction of sp³-hybridized carbons (Fsp3) is 0.429. The molecule has 2 aromatic rings. The van der Waals surface area contributed by atoms with Crippen LogP contribution in [0.15, 0.2) is 24.3 Å². The predicted octanol–water partition coefficient (Wildman–Crippen LogP) is 3.45. The number of carboxylic acid groups (broad SMARTS) is 1. The van der Waals surface area contributed by atoms with Crippen LogP contribution in [0.2, 0.25) is 0 Å². The third-order valence-electron chi connectivity index (χ3n) is 3.17. The lowest BCUT2D eigenvalue weighted by Gasteiger charge is -2.13. The Morgan fingerprint density at radius 2 is 2.11 bits per heavy atom. The number of fused-ring (bicyclic) bond motifs is 1. The number of aliphatic carboxylic acids is 1. The Morgan fingerprint density at radius 3 is 2.74 bits per heavy atom. The third-order valence-corrected chi connectivity index (χ3v) is 3.17. The number of para-hydroxylation sites is 2. The maximum atomic E-state index is 11.2. The van der Waals surface area contributed by atoms with Crippen molar-refractivity contribution in [3.8, 4) is 0 Å². The number of carboxylic acids is 1. The van der Waals surface area contributed by atoms with E-state index in [9.17, 15) is 9.90 Å². The number of aromatic nitrogens is 2. The quantitative estimate of drug-likeness (QED) is 0.914. The number of carbonyl (C=O) groups is 1. The number of hydrogen-bond acceptors (Lipinski definition) is 2. The lowest BCUT2D eigenvalue weighted by Crippen LogP contribution is -2.18. The Hall–Kier alpha value is -1.55. The summed E-state index contributed by atoms with van der Waals surface area (Å²) in [7, 11) is 0. The van der Waals surface area contributed by atoms with Crippen LogP contribution in [-0.4, -0.2) is 20.6 Å². The number of benzene rings is 1. The molecule has 0 saturated heterocycles. The predicted molar refractivity (Wildman–Crippen MR) is 77.9 cm³/mol. The fourth-order valence-electron chi connectivity index (χ4n) is 2.15. The number of rotatable bonds is 5. The fourth-order valence-corrected chi connectivity index (χ4v) is 2.15. The second kappa shape index (κ2) is 6.57. The van der Waals surface area contributed by atoms with E-state index in [-0.39, 0.29) is 12.4 Å². The summed E-state index contributed by atoms with van der Waals surface area (Å²) in [5, 5.41) is 9.21. The standard InChI is InChI=1S/C14H18N2O2.ClH/c1-3-4-9-13-15-11-7-5-6-8-12(11)16(13)10(2)14(17)18;/h5-8,10H,3-4,9H2,1-2H3,(H,17,18);1H. The van der Waals surface area contributed by atoms with Gasteiger partial charge in [0.15, 0.2) is 0 Å². The van der Waals surface area contributed by atoms with Crippen LogP contribution in [0, 0.1) is 0 Å². The van der Waals surface area contributed by atoms with Gasteiger partial charge in [0.1, 0.15) is 11.9 Å². The molecule has 0 aliphatic carbocycles. The van der Waals surface area contributed by atoms with E-state index in [1.807, 2.05) is 28.8 Å². The van der Waals surface area contributed by atoms with E-state index in [2.05, 4.69) is 11.9 Å². The van der Waals surface area contributed by atoms with Crippen molar-refractivity contribution in [1.82, 2.24) is 9.55 Å². The van der Waals surface area contributed by atoms with E-state index < -0.39 is 12.0 Å². The maximum Gasteiger partial charge on any atom is 0.326 e. The maximum absolute atomic E-state index is 11.2. The molecule has 104 valence electrons. The highest BCUT2D eigenvalue weighted by Crippen LogP contribution is 2.22. The van der Waals surface area contributed by atoms with Gasteiger partial charge in [0, 0.05) is 6.42 Å². The molecule has 1 unspecified atom stereocenters. The van der Waals surface area contributed by atoms with Crippen molar-refractivity contribution >= 4 is 29.4 Å². The molecule has 0 spiro atoms. The monoisotopic (exact) mass is 282 g/mol. The Labute approximate surface area is 118 Å². The molecular formula is C14H19ClN2O2. The molecule has 2 rings (SSSR count). The van der Waals surface area contributed by atoms with E-state index in [0.29, 0.717) is 0 Å². The molecule has 0 aliphatic rings. The number of aryl methyl sites for hydroxylation is 1. The van der Waals surface area contributed by atoms with E-state index in [0.717, 1.165) is 36.1 Å². The molecule has 0 saturated carbocycles. The first-order valence-corrected chi connectivity index (χ1v) is 6.33. The number of hydrogen-bond donors (Lipinski definition) is 1. The zero-order valence-electron chi connectivity index (χ0n) is 11.2. The summed E-state index contributed by atoms with van der Waals surface area (Å²) in [6.07, 6.45) is 2.92. The SMILES string of the molecule is CCCCc1nc2ccccc2n1C(C)C(=O)O.Cl. The molecule has 19 heavy (non-hydrogen) atoms. The summed E-state index contributed by atoms with van der Waals surface area (Å²) in [5.74, 6) is 0.0452. The van der Waals surface area contributed by atoms with Crippen LogP contribution >= 0.6 is 12.4 Å². The minimum Gasteiger partial charge on any atom is -0.480 e. The van der Waals surface area contributed by atoms with Gasteiger partial charge >= 0.3 is 5.97 Å². The van der Waals surface area contributed by atoms with Crippen LogP contribution in [0.25, 0.3) is 11.0 Å². The second-order valence-electron chi connectivity index (χ2n) is 4.50. The van der Waals surface area contributed by atoms with E-state index in [4.69, 9.17) is 0 Å². The molecule has 0 aliphatic heterocycles. The second-order valence-corrected chi connectivity index (χ2v) is 4.50. The van der Waals surface area contributed by atoms with Crippen LogP contribution in [0.3, 0.4) is 0 Å². The van der Waals surface area contributed by atoms with Crippen molar-refractivity contribution in [1.29, 1.82) is 0 Å². The molecule has 1 atom stereocenters. The topological polar surface area (TPSA) is 55.1 Å². The van der Waals surface area contributed by atoms with Gasteiger partial charge in [-0.1, -0.05) is 25.5 Å². The van der Waals surface area contributed by atoms with Crippen molar-refractivity contribution < 1.29 is 9.90 Å². The van der Waals surface area contributed by atoms with Crippen LogP contribution in [-0.2, 0) is 11.2 Å². The first-order chi connectivity index (χ1) is 8.65. The first kappa shape index (κ1) is 15.5. The summed E-state index contributed by atoms with van der Waals surface area (Å²) >= 11 is 0. The summed E-state index contributed by atoms with van der Waals surface area (Å²) in [6.45, 7) is 3.82. The molecule has 1 aromatic carbocycles. The zero-order valence-corrected chi connectivity index (χ0v) is 12.0. The van der Waals surface area contributed by atoms with E-state index >= 15 is 0 Å². The zero-order chi connectivity index (χ0) is 13.1. The molecule has 1 aromatic heterocycles. The van der Waals surface area contributed by atoms with Crippen LogP contribution in [0.5, 0.6) is 0 Å². The summed E-state index contributed by atoms with van der Waals surface area (Å²) in [6, 6.07) is 7.12. The summed E-state index contributed by atoms with van der Waals surface area (Å²) in [5.41, 5.74) is 1.77. The highest BCUT2D eigenvalue weighted by atomic mass is 35.5. The van der Waals surface area contributed by atoms with Crippen molar-refractivity contribution in [3.05, 3.63) is 30.1 Å². The number of halogens is 1. The largest absolute Gasteiger partial charge is 0.480 e. The van der Waals surface area contributed by atoms with Crippen LogP contribution in [0.1, 0.15) is 38.6 Å². The molecule has 0 radical (unpaired) electrons. The van der Waals surface area contributed by atoms with Crippen LogP contribution < -0.4 is 0 Å². The smallest absolute Gasteiger partial charge is 0.326 e. The van der Waals surface area contributed by atoms with E-state index in [1.54, 1.807) is 6.92 Å². The Balaban J connectivity index is 0.00000180. The summed E-state index contributed by atoms with van der Waals surface area (Å²) in [4.78, 5) is 15.8. The molecular weight excluding hydrogens is 264 g/mol. The molecule has 5 heteroatoms. The Morgan fingerprint density at radius 1 is 1.42 bits per heavy atom. The molecule has 1 N–H and O–H groups in total.